The predicted octanol–water partition coefficient (Wildman–Crippen LogP) is 6.54. The minimum atomic E-state index is -4.40. The zero-order valence-electron chi connectivity index (χ0n) is 28.4. The van der Waals surface area contributed by atoms with Crippen molar-refractivity contribution in [3.05, 3.63) is 183 Å². The standard InChI is InChI=1S/C41H28N4O7S2/c1-41(27-7-3-2-4-8-27,28-15-13-26(14-16-28)25-53(48,49)37-11-5-9-33-31(37)21-23-35(44-42)39(33)46)29-17-19-30(20-18-29)52-54(50,51)38-12-6-10-34-32(38)22-24-36(45-43)40(34)47/h2-24H,25H2,1H3. The molecule has 13 heteroatoms. The maximum absolute atomic E-state index is 13.7. The summed E-state index contributed by atoms with van der Waals surface area (Å²) in [6, 6.07) is 32.0. The van der Waals surface area contributed by atoms with Crippen LogP contribution >= 0.6 is 0 Å². The number of sulfone groups is 1. The van der Waals surface area contributed by atoms with E-state index in [-0.39, 0.29) is 55.0 Å². The van der Waals surface area contributed by atoms with Crippen molar-refractivity contribution < 1.29 is 40.2 Å². The molecule has 0 aliphatic heterocycles. The Kier molecular flexibility index (Phi) is 9.10. The summed E-state index contributed by atoms with van der Waals surface area (Å²) in [6.45, 7) is 2.01. The Morgan fingerprint density at radius 3 is 1.59 bits per heavy atom. The lowest BCUT2D eigenvalue weighted by Gasteiger charge is -2.32. The second kappa shape index (κ2) is 13.7. The van der Waals surface area contributed by atoms with Gasteiger partial charge in [-0.25, -0.2) is 8.42 Å². The van der Waals surface area contributed by atoms with Crippen molar-refractivity contribution in [2.24, 2.45) is 0 Å². The molecular weight excluding hydrogens is 725 g/mol. The molecule has 2 aliphatic rings. The molecule has 1 atom stereocenters. The summed E-state index contributed by atoms with van der Waals surface area (Å²) < 4.78 is 59.8. The SMILES string of the molecule is CC(c1ccccc1)(c1ccc(CS(=O)(=O)c2cccc3c2C=CC(=[N+]=[N-])C3=O)cc1)c1ccc(OS(=O)(=O)c2cccc3c2C=CC(=[N+]=[N-])C3=O)cc1. The number of rotatable bonds is 9. The zero-order chi connectivity index (χ0) is 38.3. The van der Waals surface area contributed by atoms with Gasteiger partial charge in [0.2, 0.25) is 0 Å². The van der Waals surface area contributed by atoms with Crippen molar-refractivity contribution >= 4 is 55.1 Å². The van der Waals surface area contributed by atoms with Crippen LogP contribution in [0.5, 0.6) is 5.75 Å². The van der Waals surface area contributed by atoms with Crippen molar-refractivity contribution in [2.45, 2.75) is 27.9 Å². The van der Waals surface area contributed by atoms with Crippen LogP contribution in [0.1, 0.15) is 61.0 Å². The third kappa shape index (κ3) is 6.27. The fraction of sp³-hybridized carbons (Fsp3) is 0.0732. The van der Waals surface area contributed by atoms with E-state index >= 15 is 0 Å². The third-order valence-corrected chi connectivity index (χ3v) is 12.6. The summed E-state index contributed by atoms with van der Waals surface area (Å²) in [6.07, 6.45) is 5.35. The zero-order valence-corrected chi connectivity index (χ0v) is 30.1. The van der Waals surface area contributed by atoms with Gasteiger partial charge in [0.15, 0.2) is 9.84 Å². The van der Waals surface area contributed by atoms with Gasteiger partial charge in [-0.15, -0.1) is 0 Å². The molecule has 11 nitrogen and oxygen atoms in total. The number of ketones is 2. The van der Waals surface area contributed by atoms with Gasteiger partial charge < -0.3 is 15.2 Å². The van der Waals surface area contributed by atoms with Gasteiger partial charge in [0, 0.05) is 39.8 Å². The highest BCUT2D eigenvalue weighted by Gasteiger charge is 2.34. The topological polar surface area (TPSA) is 184 Å². The molecule has 5 aromatic rings. The van der Waals surface area contributed by atoms with E-state index in [1.54, 1.807) is 24.3 Å². The number of nitrogens with zero attached hydrogens (tertiary/aromatic N) is 4. The van der Waals surface area contributed by atoms with E-state index in [0.717, 1.165) is 16.7 Å². The van der Waals surface area contributed by atoms with Gasteiger partial charge in [-0.2, -0.15) is 18.0 Å². The molecule has 0 N–H and O–H groups in total. The summed E-state index contributed by atoms with van der Waals surface area (Å²) in [4.78, 5) is 31.0. The van der Waals surface area contributed by atoms with E-state index in [2.05, 4.69) is 9.58 Å². The molecular formula is C41H28N4O7S2. The lowest BCUT2D eigenvalue weighted by Crippen LogP contribution is -2.25. The van der Waals surface area contributed by atoms with Crippen molar-refractivity contribution in [1.82, 2.24) is 0 Å². The number of hydrogen-bond donors (Lipinski definition) is 0. The first-order valence-electron chi connectivity index (χ1n) is 16.5. The van der Waals surface area contributed by atoms with Crippen LogP contribution in [0.15, 0.2) is 137 Å². The average molecular weight is 753 g/mol. The van der Waals surface area contributed by atoms with Gasteiger partial charge in [0.1, 0.15) is 10.6 Å². The molecule has 0 aromatic heterocycles. The second-order valence-electron chi connectivity index (χ2n) is 12.7. The molecule has 0 fully saturated rings. The Hall–Kier alpha value is -6.62. The smallest absolute Gasteiger partial charge is 0.362 e. The Morgan fingerprint density at radius 1 is 0.574 bits per heavy atom. The highest BCUT2D eigenvalue weighted by Crippen LogP contribution is 2.40. The van der Waals surface area contributed by atoms with Crippen LogP contribution in [0.4, 0.5) is 0 Å². The van der Waals surface area contributed by atoms with E-state index < -0.39 is 36.9 Å². The number of Topliss-reactive ketones (excluding diaryl/α,β-unsaturated/α-hetero) is 2. The van der Waals surface area contributed by atoms with Gasteiger partial charge in [0.25, 0.3) is 11.6 Å². The fourth-order valence-electron chi connectivity index (χ4n) is 6.74. The molecule has 54 heavy (non-hydrogen) atoms. The molecule has 2 aliphatic carbocycles. The molecule has 0 saturated carbocycles. The van der Waals surface area contributed by atoms with E-state index in [1.165, 1.54) is 72.8 Å². The van der Waals surface area contributed by atoms with Gasteiger partial charge in [-0.3, -0.25) is 9.59 Å². The molecule has 0 radical (unpaired) electrons. The first-order chi connectivity index (χ1) is 25.9. The molecule has 0 bridgehead atoms. The van der Waals surface area contributed by atoms with Gasteiger partial charge >= 0.3 is 21.5 Å². The molecule has 7 rings (SSSR count). The van der Waals surface area contributed by atoms with E-state index in [9.17, 15) is 26.4 Å². The first kappa shape index (κ1) is 35.8. The maximum atomic E-state index is 13.7. The highest BCUT2D eigenvalue weighted by molar-refractivity contribution is 7.90. The molecule has 0 amide bonds. The van der Waals surface area contributed by atoms with E-state index in [4.69, 9.17) is 15.2 Å². The number of benzene rings is 5. The number of fused-ring (bicyclic) bond motifs is 2. The quantitative estimate of drug-likeness (QED) is 0.0708. The summed E-state index contributed by atoms with van der Waals surface area (Å²) >= 11 is 0. The van der Waals surface area contributed by atoms with Crippen molar-refractivity contribution in [2.75, 3.05) is 0 Å². The van der Waals surface area contributed by atoms with Crippen LogP contribution < -0.4 is 4.18 Å². The van der Waals surface area contributed by atoms with Gasteiger partial charge in [0.05, 0.1) is 10.6 Å². The summed E-state index contributed by atoms with van der Waals surface area (Å²) in [5.74, 6) is -1.49. The number of carbonyl (C=O) groups is 2. The monoisotopic (exact) mass is 752 g/mol. The average Bonchev–Trinajstić information content (AvgIpc) is 3.18. The third-order valence-electron chi connectivity index (χ3n) is 9.60. The van der Waals surface area contributed by atoms with Crippen molar-refractivity contribution in [3.8, 4) is 5.75 Å². The minimum absolute atomic E-state index is 0.00787. The first-order valence-corrected chi connectivity index (χ1v) is 19.5. The van der Waals surface area contributed by atoms with Crippen LogP contribution in [0.25, 0.3) is 23.2 Å². The van der Waals surface area contributed by atoms with Crippen LogP contribution in [0.2, 0.25) is 0 Å². The molecule has 0 saturated heterocycles. The predicted molar refractivity (Wildman–Crippen MR) is 200 cm³/mol. The number of carbonyl (C=O) groups excluding carboxylic acids is 2. The maximum Gasteiger partial charge on any atom is 0.362 e. The van der Waals surface area contributed by atoms with Gasteiger partial charge in [-0.05, 0) is 65.6 Å². The Balaban J connectivity index is 1.18. The summed E-state index contributed by atoms with van der Waals surface area (Å²) in [7, 11) is -8.31. The summed E-state index contributed by atoms with van der Waals surface area (Å²) in [5, 5.41) is 0. The largest absolute Gasteiger partial charge is 0.379 e. The number of allylic oxidation sites excluding steroid dienone is 2. The van der Waals surface area contributed by atoms with Crippen LogP contribution in [0, 0.1) is 0 Å². The lowest BCUT2D eigenvalue weighted by molar-refractivity contribution is -0.00459. The van der Waals surface area contributed by atoms with Crippen LogP contribution in [-0.2, 0) is 31.1 Å². The lowest BCUT2D eigenvalue weighted by atomic mass is 9.71. The van der Waals surface area contributed by atoms with E-state index in [1.807, 2.05) is 49.4 Å². The Morgan fingerprint density at radius 2 is 1.06 bits per heavy atom. The molecule has 266 valence electrons. The van der Waals surface area contributed by atoms with Crippen LogP contribution in [-0.4, -0.2) is 49.4 Å². The molecule has 1 unspecified atom stereocenters. The van der Waals surface area contributed by atoms with Crippen molar-refractivity contribution in [3.63, 3.8) is 0 Å². The van der Waals surface area contributed by atoms with Crippen molar-refractivity contribution in [1.29, 1.82) is 0 Å². The van der Waals surface area contributed by atoms with Crippen LogP contribution in [0.3, 0.4) is 0 Å². The molecule has 0 heterocycles. The Bertz CT molecular complexity index is 2610. The molecule has 5 aromatic carbocycles. The van der Waals surface area contributed by atoms with E-state index in [0.29, 0.717) is 5.56 Å². The summed E-state index contributed by atoms with van der Waals surface area (Å²) in [5.41, 5.74) is 20.7. The fourth-order valence-corrected chi connectivity index (χ4v) is 9.48. The molecule has 0 spiro atoms. The highest BCUT2D eigenvalue weighted by atomic mass is 32.2. The normalized spacial score (nSPS) is 14.8. The van der Waals surface area contributed by atoms with Gasteiger partial charge in [-0.1, -0.05) is 91.0 Å². The number of hydrogen-bond acceptors (Lipinski definition) is 7. The Labute approximate surface area is 310 Å². The minimum Gasteiger partial charge on any atom is -0.379 e. The second-order valence-corrected chi connectivity index (χ2v) is 16.2.